The summed E-state index contributed by atoms with van der Waals surface area (Å²) in [5.41, 5.74) is 0.449. The molecule has 1 aromatic carbocycles. The molecular weight excluding hydrogens is 251 g/mol. The Morgan fingerprint density at radius 3 is 2.32 bits per heavy atom. The molecule has 0 unspecified atom stereocenters. The third-order valence-corrected chi connectivity index (χ3v) is 3.24. The maximum atomic E-state index is 12.8. The van der Waals surface area contributed by atoms with Crippen molar-refractivity contribution < 1.29 is 24.0 Å². The Labute approximate surface area is 110 Å². The fraction of sp³-hybridized carbons (Fsp3) is 0.385. The zero-order valence-corrected chi connectivity index (χ0v) is 10.4. The zero-order valence-electron chi connectivity index (χ0n) is 10.4. The van der Waals surface area contributed by atoms with Crippen LogP contribution in [0.2, 0.25) is 0 Å². The van der Waals surface area contributed by atoms with Crippen molar-refractivity contribution in [1.29, 1.82) is 0 Å². The molecule has 102 valence electrons. The minimum Gasteiger partial charge on any atom is -0.544 e. The summed E-state index contributed by atoms with van der Waals surface area (Å²) in [6.07, 6.45) is 0. The van der Waals surface area contributed by atoms with Gasteiger partial charge in [0, 0.05) is 5.56 Å². The van der Waals surface area contributed by atoms with Crippen LogP contribution in [0.25, 0.3) is 0 Å². The number of piperazine rings is 1. The van der Waals surface area contributed by atoms with Crippen molar-refractivity contribution in [2.24, 2.45) is 0 Å². The van der Waals surface area contributed by atoms with Crippen molar-refractivity contribution >= 4 is 11.9 Å². The van der Waals surface area contributed by atoms with Crippen LogP contribution in [0.5, 0.6) is 0 Å². The molecule has 6 heteroatoms. The third kappa shape index (κ3) is 3.51. The Kier molecular flexibility index (Phi) is 4.11. The highest BCUT2D eigenvalue weighted by Gasteiger charge is 2.24. The molecule has 1 N–H and O–H groups in total. The number of nitrogens with zero attached hydrogens (tertiary/aromatic N) is 1. The van der Waals surface area contributed by atoms with E-state index < -0.39 is 5.97 Å². The lowest BCUT2D eigenvalue weighted by Gasteiger charge is -2.32. The number of quaternary nitrogens is 1. The number of carboxylic acids is 1. The lowest BCUT2D eigenvalue weighted by atomic mass is 10.2. The smallest absolute Gasteiger partial charge is 0.254 e. The first-order valence-electron chi connectivity index (χ1n) is 6.14. The number of carbonyl (C=O) groups excluding carboxylic acids is 2. The molecule has 1 heterocycles. The van der Waals surface area contributed by atoms with Gasteiger partial charge in [-0.15, -0.1) is 0 Å². The minimum absolute atomic E-state index is 0.0292. The van der Waals surface area contributed by atoms with E-state index in [0.717, 1.165) is 4.90 Å². The second kappa shape index (κ2) is 5.79. The molecule has 1 fully saturated rings. The van der Waals surface area contributed by atoms with Gasteiger partial charge in [-0.1, -0.05) is 0 Å². The van der Waals surface area contributed by atoms with Gasteiger partial charge in [0.15, 0.2) is 0 Å². The molecule has 1 amide bonds. The Morgan fingerprint density at radius 2 is 1.79 bits per heavy atom. The van der Waals surface area contributed by atoms with Crippen molar-refractivity contribution in [3.05, 3.63) is 35.6 Å². The van der Waals surface area contributed by atoms with Gasteiger partial charge in [-0.25, -0.2) is 4.39 Å². The quantitative estimate of drug-likeness (QED) is 0.683. The van der Waals surface area contributed by atoms with Crippen LogP contribution >= 0.6 is 0 Å². The molecule has 5 nitrogen and oxygen atoms in total. The summed E-state index contributed by atoms with van der Waals surface area (Å²) in [4.78, 5) is 25.2. The van der Waals surface area contributed by atoms with Crippen molar-refractivity contribution in [3.8, 4) is 0 Å². The monoisotopic (exact) mass is 266 g/mol. The lowest BCUT2D eigenvalue weighted by molar-refractivity contribution is -0.898. The van der Waals surface area contributed by atoms with E-state index >= 15 is 0 Å². The van der Waals surface area contributed by atoms with Crippen molar-refractivity contribution in [1.82, 2.24) is 4.90 Å². The molecular formula is C13H15FN2O3. The van der Waals surface area contributed by atoms with Crippen LogP contribution in [0.15, 0.2) is 24.3 Å². The van der Waals surface area contributed by atoms with E-state index in [1.807, 2.05) is 0 Å². The van der Waals surface area contributed by atoms with Crippen LogP contribution in [0, 0.1) is 5.82 Å². The van der Waals surface area contributed by atoms with Gasteiger partial charge in [-0.2, -0.15) is 0 Å². The van der Waals surface area contributed by atoms with Gasteiger partial charge < -0.3 is 19.7 Å². The normalized spacial score (nSPS) is 16.4. The topological polar surface area (TPSA) is 64.9 Å². The average Bonchev–Trinajstić information content (AvgIpc) is 2.39. The van der Waals surface area contributed by atoms with Crippen LogP contribution in [0.1, 0.15) is 10.4 Å². The summed E-state index contributed by atoms with van der Waals surface area (Å²) < 4.78 is 12.8. The molecule has 1 saturated heterocycles. The van der Waals surface area contributed by atoms with E-state index in [1.54, 1.807) is 4.90 Å². The number of hydrogen-bond acceptors (Lipinski definition) is 3. The van der Waals surface area contributed by atoms with E-state index in [9.17, 15) is 19.1 Å². The molecule has 1 aliphatic heterocycles. The molecule has 0 aliphatic carbocycles. The fourth-order valence-corrected chi connectivity index (χ4v) is 2.18. The second-order valence-corrected chi connectivity index (χ2v) is 4.60. The van der Waals surface area contributed by atoms with Crippen LogP contribution in [0.3, 0.4) is 0 Å². The third-order valence-electron chi connectivity index (χ3n) is 3.24. The van der Waals surface area contributed by atoms with Crippen LogP contribution in [-0.4, -0.2) is 49.5 Å². The molecule has 0 radical (unpaired) electrons. The van der Waals surface area contributed by atoms with E-state index in [1.165, 1.54) is 24.3 Å². The zero-order chi connectivity index (χ0) is 13.8. The second-order valence-electron chi connectivity index (χ2n) is 4.60. The van der Waals surface area contributed by atoms with Crippen LogP contribution in [-0.2, 0) is 4.79 Å². The van der Waals surface area contributed by atoms with Gasteiger partial charge in [-0.3, -0.25) is 4.79 Å². The van der Waals surface area contributed by atoms with E-state index in [2.05, 4.69) is 0 Å². The number of rotatable bonds is 3. The van der Waals surface area contributed by atoms with E-state index in [0.29, 0.717) is 31.7 Å². The standard InChI is InChI=1S/C13H15FN2O3/c14-11-3-1-10(2-4-11)13(19)16-7-5-15(6-8-16)9-12(17)18/h1-4H,5-9H2,(H,17,18). The SMILES string of the molecule is O=C([O-])C[NH+]1CCN(C(=O)c2ccc(F)cc2)CC1. The van der Waals surface area contributed by atoms with Gasteiger partial charge in [-0.05, 0) is 24.3 Å². The minimum atomic E-state index is -1.08. The average molecular weight is 266 g/mol. The number of hydrogen-bond donors (Lipinski definition) is 1. The molecule has 1 aromatic rings. The molecule has 2 rings (SSSR count). The summed E-state index contributed by atoms with van der Waals surface area (Å²) >= 11 is 0. The maximum Gasteiger partial charge on any atom is 0.254 e. The Hall–Kier alpha value is -1.95. The number of aliphatic carboxylic acids is 1. The highest BCUT2D eigenvalue weighted by molar-refractivity contribution is 5.94. The number of amides is 1. The van der Waals surface area contributed by atoms with Gasteiger partial charge in [0.2, 0.25) is 0 Å². The first kappa shape index (κ1) is 13.5. The Morgan fingerprint density at radius 1 is 1.21 bits per heavy atom. The predicted molar refractivity (Wildman–Crippen MR) is 62.9 cm³/mol. The van der Waals surface area contributed by atoms with Gasteiger partial charge in [0.25, 0.3) is 5.91 Å². The number of carboxylic acid groups (broad SMARTS) is 1. The van der Waals surface area contributed by atoms with Crippen LogP contribution in [0.4, 0.5) is 4.39 Å². The summed E-state index contributed by atoms with van der Waals surface area (Å²) in [7, 11) is 0. The van der Waals surface area contributed by atoms with Gasteiger partial charge in [0.1, 0.15) is 12.4 Å². The molecule has 0 atom stereocenters. The summed E-state index contributed by atoms with van der Waals surface area (Å²) in [6, 6.07) is 5.42. The number of nitrogens with one attached hydrogen (secondary N) is 1. The first-order chi connectivity index (χ1) is 9.06. The largest absolute Gasteiger partial charge is 0.544 e. The molecule has 1 aliphatic rings. The van der Waals surface area contributed by atoms with Crippen molar-refractivity contribution in [2.45, 2.75) is 0 Å². The molecule has 0 saturated carbocycles. The lowest BCUT2D eigenvalue weighted by Crippen LogP contribution is -3.16. The number of benzene rings is 1. The highest BCUT2D eigenvalue weighted by atomic mass is 19.1. The molecule has 19 heavy (non-hydrogen) atoms. The Balaban J connectivity index is 1.92. The molecule has 0 bridgehead atoms. The first-order valence-corrected chi connectivity index (χ1v) is 6.14. The highest BCUT2D eigenvalue weighted by Crippen LogP contribution is 2.06. The summed E-state index contributed by atoms with van der Waals surface area (Å²) in [5, 5.41) is 10.5. The number of halogens is 1. The fourth-order valence-electron chi connectivity index (χ4n) is 2.18. The van der Waals surface area contributed by atoms with E-state index in [4.69, 9.17) is 0 Å². The van der Waals surface area contributed by atoms with Gasteiger partial charge >= 0.3 is 0 Å². The predicted octanol–water partition coefficient (Wildman–Crippen LogP) is -2.08. The van der Waals surface area contributed by atoms with Crippen molar-refractivity contribution in [3.63, 3.8) is 0 Å². The van der Waals surface area contributed by atoms with Crippen molar-refractivity contribution in [2.75, 3.05) is 32.7 Å². The molecule has 0 aromatic heterocycles. The van der Waals surface area contributed by atoms with Gasteiger partial charge in [0.05, 0.1) is 32.1 Å². The van der Waals surface area contributed by atoms with Crippen LogP contribution < -0.4 is 10.0 Å². The molecule has 0 spiro atoms. The summed E-state index contributed by atoms with van der Waals surface area (Å²) in [5.74, 6) is -1.60. The number of carbonyl (C=O) groups is 2. The Bertz CT molecular complexity index is 467. The maximum absolute atomic E-state index is 12.8. The summed E-state index contributed by atoms with van der Waals surface area (Å²) in [6.45, 7) is 2.14. The van der Waals surface area contributed by atoms with E-state index in [-0.39, 0.29) is 18.3 Å².